The molecule has 1 aliphatic heterocycles. The summed E-state index contributed by atoms with van der Waals surface area (Å²) in [6.07, 6.45) is 3.32. The highest BCUT2D eigenvalue weighted by Crippen LogP contribution is 2.18. The third-order valence-electron chi connectivity index (χ3n) is 3.66. The third-order valence-corrected chi connectivity index (χ3v) is 3.66. The van der Waals surface area contributed by atoms with Crippen molar-refractivity contribution in [2.75, 3.05) is 26.7 Å². The van der Waals surface area contributed by atoms with Crippen LogP contribution in [0.25, 0.3) is 0 Å². The molecule has 1 saturated heterocycles. The first-order valence-corrected chi connectivity index (χ1v) is 6.54. The number of nitrogens with one attached hydrogen (secondary N) is 1. The number of rotatable bonds is 5. The van der Waals surface area contributed by atoms with Crippen molar-refractivity contribution >= 4 is 11.9 Å². The largest absolute Gasteiger partial charge is 0.480 e. The van der Waals surface area contributed by atoms with Gasteiger partial charge < -0.3 is 15.3 Å². The van der Waals surface area contributed by atoms with Crippen LogP contribution in [0.2, 0.25) is 0 Å². The van der Waals surface area contributed by atoms with Crippen molar-refractivity contribution in [2.24, 2.45) is 11.3 Å². The van der Waals surface area contributed by atoms with Crippen LogP contribution in [-0.2, 0) is 9.59 Å². The standard InChI is InChI=1S/C13H24N2O3/c1-13(2,12(17)18)11(16)14-7-6-10-5-4-8-15(3)9-10/h10H,4-9H2,1-3H3,(H,14,16)(H,17,18). The summed E-state index contributed by atoms with van der Waals surface area (Å²) in [6, 6.07) is 0. The monoisotopic (exact) mass is 256 g/mol. The van der Waals surface area contributed by atoms with Crippen molar-refractivity contribution in [2.45, 2.75) is 33.1 Å². The number of nitrogens with zero attached hydrogens (tertiary/aromatic N) is 1. The average Bonchev–Trinajstić information content (AvgIpc) is 2.28. The molecule has 1 fully saturated rings. The maximum atomic E-state index is 11.7. The maximum absolute atomic E-state index is 11.7. The van der Waals surface area contributed by atoms with E-state index in [-0.39, 0.29) is 0 Å². The van der Waals surface area contributed by atoms with Gasteiger partial charge in [-0.2, -0.15) is 0 Å². The quantitative estimate of drug-likeness (QED) is 0.718. The van der Waals surface area contributed by atoms with Crippen molar-refractivity contribution < 1.29 is 14.7 Å². The number of piperidine rings is 1. The van der Waals surface area contributed by atoms with Gasteiger partial charge in [0.05, 0.1) is 0 Å². The molecule has 0 aromatic rings. The van der Waals surface area contributed by atoms with E-state index in [1.807, 2.05) is 0 Å². The average molecular weight is 256 g/mol. The van der Waals surface area contributed by atoms with Gasteiger partial charge in [0.2, 0.25) is 5.91 Å². The molecular formula is C13H24N2O3. The van der Waals surface area contributed by atoms with Crippen LogP contribution in [0.15, 0.2) is 0 Å². The number of aliphatic carboxylic acids is 1. The Morgan fingerprint density at radius 2 is 2.11 bits per heavy atom. The zero-order valence-electron chi connectivity index (χ0n) is 11.5. The van der Waals surface area contributed by atoms with Crippen LogP contribution in [0.4, 0.5) is 0 Å². The molecule has 1 aliphatic rings. The second kappa shape index (κ2) is 6.18. The van der Waals surface area contributed by atoms with Crippen molar-refractivity contribution in [1.82, 2.24) is 10.2 Å². The fourth-order valence-corrected chi connectivity index (χ4v) is 2.22. The molecule has 1 amide bonds. The summed E-state index contributed by atoms with van der Waals surface area (Å²) in [7, 11) is 2.11. The highest BCUT2D eigenvalue weighted by atomic mass is 16.4. The number of hydrogen-bond donors (Lipinski definition) is 2. The molecule has 0 spiro atoms. The van der Waals surface area contributed by atoms with Crippen molar-refractivity contribution in [3.8, 4) is 0 Å². The lowest BCUT2D eigenvalue weighted by Crippen LogP contribution is -2.43. The number of carbonyl (C=O) groups is 2. The molecule has 104 valence electrons. The van der Waals surface area contributed by atoms with Gasteiger partial charge in [0.15, 0.2) is 0 Å². The fourth-order valence-electron chi connectivity index (χ4n) is 2.22. The number of carboxylic acids is 1. The molecule has 5 heteroatoms. The number of carbonyl (C=O) groups excluding carboxylic acids is 1. The van der Waals surface area contributed by atoms with E-state index in [1.165, 1.54) is 26.7 Å². The van der Waals surface area contributed by atoms with Crippen molar-refractivity contribution in [1.29, 1.82) is 0 Å². The summed E-state index contributed by atoms with van der Waals surface area (Å²) >= 11 is 0. The Hall–Kier alpha value is -1.10. The van der Waals surface area contributed by atoms with E-state index in [4.69, 9.17) is 5.11 Å². The van der Waals surface area contributed by atoms with Gasteiger partial charge in [0.25, 0.3) is 0 Å². The van der Waals surface area contributed by atoms with E-state index in [9.17, 15) is 9.59 Å². The lowest BCUT2D eigenvalue weighted by molar-refractivity contribution is -0.153. The second-order valence-electron chi connectivity index (χ2n) is 5.75. The van der Waals surface area contributed by atoms with Gasteiger partial charge in [-0.05, 0) is 52.6 Å². The molecule has 1 atom stereocenters. The van der Waals surface area contributed by atoms with E-state index >= 15 is 0 Å². The van der Waals surface area contributed by atoms with Crippen LogP contribution >= 0.6 is 0 Å². The Balaban J connectivity index is 2.29. The zero-order valence-corrected chi connectivity index (χ0v) is 11.5. The van der Waals surface area contributed by atoms with E-state index in [1.54, 1.807) is 0 Å². The number of hydrogen-bond acceptors (Lipinski definition) is 3. The lowest BCUT2D eigenvalue weighted by Gasteiger charge is -2.30. The van der Waals surface area contributed by atoms with Crippen LogP contribution in [0.1, 0.15) is 33.1 Å². The van der Waals surface area contributed by atoms with E-state index in [2.05, 4.69) is 17.3 Å². The summed E-state index contributed by atoms with van der Waals surface area (Å²) in [6.45, 7) is 5.64. The Labute approximate surface area is 109 Å². The van der Waals surface area contributed by atoms with Crippen LogP contribution in [0, 0.1) is 11.3 Å². The first-order valence-electron chi connectivity index (χ1n) is 6.54. The minimum Gasteiger partial charge on any atom is -0.480 e. The molecule has 0 aromatic carbocycles. The van der Waals surface area contributed by atoms with Gasteiger partial charge in [0, 0.05) is 13.1 Å². The molecule has 0 bridgehead atoms. The van der Waals surface area contributed by atoms with E-state index < -0.39 is 17.3 Å². The SMILES string of the molecule is CN1CCCC(CCNC(=O)C(C)(C)C(=O)O)C1. The Morgan fingerprint density at radius 3 is 2.67 bits per heavy atom. The molecule has 0 aromatic heterocycles. The molecule has 2 N–H and O–H groups in total. The maximum Gasteiger partial charge on any atom is 0.318 e. The molecule has 18 heavy (non-hydrogen) atoms. The van der Waals surface area contributed by atoms with Crippen LogP contribution in [0.5, 0.6) is 0 Å². The minimum atomic E-state index is -1.34. The van der Waals surface area contributed by atoms with Crippen molar-refractivity contribution in [3.63, 3.8) is 0 Å². The van der Waals surface area contributed by atoms with Gasteiger partial charge in [0.1, 0.15) is 5.41 Å². The summed E-state index contributed by atoms with van der Waals surface area (Å²) < 4.78 is 0. The number of likely N-dealkylation sites (tertiary alicyclic amines) is 1. The Kier molecular flexibility index (Phi) is 5.14. The Bertz CT molecular complexity index is 315. The van der Waals surface area contributed by atoms with E-state index in [0.29, 0.717) is 12.5 Å². The Morgan fingerprint density at radius 1 is 1.44 bits per heavy atom. The molecule has 1 heterocycles. The number of carboxylic acid groups (broad SMARTS) is 1. The zero-order chi connectivity index (χ0) is 13.8. The van der Waals surface area contributed by atoms with Gasteiger partial charge in [-0.1, -0.05) is 0 Å². The summed E-state index contributed by atoms with van der Waals surface area (Å²) in [5.41, 5.74) is -1.34. The van der Waals surface area contributed by atoms with Gasteiger partial charge >= 0.3 is 5.97 Å². The molecule has 0 radical (unpaired) electrons. The van der Waals surface area contributed by atoms with Gasteiger partial charge in [-0.3, -0.25) is 9.59 Å². The first-order chi connectivity index (χ1) is 8.34. The molecule has 0 aliphatic carbocycles. The van der Waals surface area contributed by atoms with Crippen LogP contribution in [0.3, 0.4) is 0 Å². The highest BCUT2D eigenvalue weighted by molar-refractivity contribution is 6.00. The van der Waals surface area contributed by atoms with Gasteiger partial charge in [-0.25, -0.2) is 0 Å². The molecule has 0 saturated carbocycles. The summed E-state index contributed by atoms with van der Waals surface area (Å²) in [5, 5.41) is 11.7. The highest BCUT2D eigenvalue weighted by Gasteiger charge is 2.35. The molecule has 1 rings (SSSR count). The summed E-state index contributed by atoms with van der Waals surface area (Å²) in [5.74, 6) is -0.881. The third kappa shape index (κ3) is 3.98. The molecule has 5 nitrogen and oxygen atoms in total. The molecule has 1 unspecified atom stereocenters. The summed E-state index contributed by atoms with van der Waals surface area (Å²) in [4.78, 5) is 24.9. The minimum absolute atomic E-state index is 0.404. The van der Waals surface area contributed by atoms with E-state index in [0.717, 1.165) is 19.5 Å². The number of amides is 1. The normalized spacial score (nSPS) is 21.6. The smallest absolute Gasteiger partial charge is 0.318 e. The predicted molar refractivity (Wildman–Crippen MR) is 69.3 cm³/mol. The fraction of sp³-hybridized carbons (Fsp3) is 0.846. The first kappa shape index (κ1) is 15.0. The van der Waals surface area contributed by atoms with Crippen LogP contribution in [-0.4, -0.2) is 48.6 Å². The molecular weight excluding hydrogens is 232 g/mol. The van der Waals surface area contributed by atoms with Crippen LogP contribution < -0.4 is 5.32 Å². The van der Waals surface area contributed by atoms with Gasteiger partial charge in [-0.15, -0.1) is 0 Å². The van der Waals surface area contributed by atoms with Crippen molar-refractivity contribution in [3.05, 3.63) is 0 Å². The predicted octanol–water partition coefficient (Wildman–Crippen LogP) is 0.945. The second-order valence-corrected chi connectivity index (χ2v) is 5.75. The topological polar surface area (TPSA) is 69.6 Å². The lowest BCUT2D eigenvalue weighted by atomic mass is 9.92.